The summed E-state index contributed by atoms with van der Waals surface area (Å²) in [7, 11) is -1.86. The molecular weight excluding hydrogens is 218 g/mol. The molecule has 0 aromatic carbocycles. The van der Waals surface area contributed by atoms with Gasteiger partial charge in [0.05, 0.1) is 6.20 Å². The van der Waals surface area contributed by atoms with Crippen LogP contribution in [0.4, 0.5) is 0 Å². The number of sulfone groups is 1. The van der Waals surface area contributed by atoms with Crippen LogP contribution in [0.5, 0.6) is 0 Å². The van der Waals surface area contributed by atoms with Crippen LogP contribution in [-0.2, 0) is 16.9 Å². The van der Waals surface area contributed by atoms with Gasteiger partial charge in [-0.3, -0.25) is 9.48 Å². The van der Waals surface area contributed by atoms with Gasteiger partial charge >= 0.3 is 0 Å². The van der Waals surface area contributed by atoms with Crippen molar-refractivity contribution in [1.29, 1.82) is 0 Å². The van der Waals surface area contributed by atoms with E-state index in [0.29, 0.717) is 0 Å². The lowest BCUT2D eigenvalue weighted by Gasteiger charge is -2.18. The van der Waals surface area contributed by atoms with E-state index in [0.717, 1.165) is 6.26 Å². The number of rotatable bonds is 3. The van der Waals surface area contributed by atoms with Gasteiger partial charge in [-0.25, -0.2) is 8.42 Å². The lowest BCUT2D eigenvalue weighted by atomic mass is 10.1. The largest absolute Gasteiger partial charge is 0.291 e. The average molecular weight is 231 g/mol. The molecule has 1 rings (SSSR count). The fraction of sp³-hybridized carbons (Fsp3) is 0.625. The first kappa shape index (κ1) is 11.8. The fourth-order valence-corrected chi connectivity index (χ4v) is 1.37. The standard InChI is InChI=1S/C8H13N3O3S/c1-8(2,15(4,13)14)7(12)6-5-11(3)10-9-6/h5H,1-4H3. The van der Waals surface area contributed by atoms with E-state index in [2.05, 4.69) is 10.3 Å². The predicted octanol–water partition coefficient (Wildman–Crippen LogP) is -0.179. The third-order valence-corrected chi connectivity index (χ3v) is 4.35. The summed E-state index contributed by atoms with van der Waals surface area (Å²) in [6.07, 6.45) is 2.43. The van der Waals surface area contributed by atoms with Crippen LogP contribution in [0.1, 0.15) is 24.3 Å². The van der Waals surface area contributed by atoms with Gasteiger partial charge in [0.15, 0.2) is 9.84 Å². The van der Waals surface area contributed by atoms with E-state index < -0.39 is 20.4 Å². The van der Waals surface area contributed by atoms with Crippen molar-refractivity contribution in [2.75, 3.05) is 6.26 Å². The van der Waals surface area contributed by atoms with Crippen LogP contribution in [0.15, 0.2) is 6.20 Å². The molecule has 84 valence electrons. The zero-order valence-electron chi connectivity index (χ0n) is 9.05. The molecule has 0 aliphatic rings. The molecule has 0 N–H and O–H groups in total. The van der Waals surface area contributed by atoms with Crippen LogP contribution in [0.3, 0.4) is 0 Å². The van der Waals surface area contributed by atoms with Gasteiger partial charge in [-0.05, 0) is 13.8 Å². The summed E-state index contributed by atoms with van der Waals surface area (Å²) in [5.74, 6) is -0.543. The molecule has 0 atom stereocenters. The van der Waals surface area contributed by atoms with Crippen molar-refractivity contribution in [1.82, 2.24) is 15.0 Å². The minimum absolute atomic E-state index is 0.0629. The van der Waals surface area contributed by atoms with Crippen LogP contribution in [-0.4, -0.2) is 40.2 Å². The van der Waals surface area contributed by atoms with Gasteiger partial charge in [0.1, 0.15) is 10.4 Å². The third kappa shape index (κ3) is 2.06. The fourth-order valence-electron chi connectivity index (χ4n) is 0.928. The van der Waals surface area contributed by atoms with E-state index in [9.17, 15) is 13.2 Å². The highest BCUT2D eigenvalue weighted by Crippen LogP contribution is 2.19. The Labute approximate surface area is 88.2 Å². The predicted molar refractivity (Wildman–Crippen MR) is 54.3 cm³/mol. The molecule has 0 amide bonds. The van der Waals surface area contributed by atoms with Gasteiger partial charge in [0, 0.05) is 13.3 Å². The zero-order valence-corrected chi connectivity index (χ0v) is 9.87. The first-order valence-corrected chi connectivity index (χ1v) is 6.16. The smallest absolute Gasteiger partial charge is 0.205 e. The molecule has 6 nitrogen and oxygen atoms in total. The van der Waals surface area contributed by atoms with Gasteiger partial charge < -0.3 is 0 Å². The molecule has 0 bridgehead atoms. The number of Topliss-reactive ketones (excluding diaryl/α,β-unsaturated/α-hetero) is 1. The molecule has 0 fully saturated rings. The summed E-state index contributed by atoms with van der Waals surface area (Å²) in [5, 5.41) is 7.18. The van der Waals surface area contributed by atoms with Gasteiger partial charge in [-0.2, -0.15) is 0 Å². The summed E-state index contributed by atoms with van der Waals surface area (Å²) < 4.78 is 22.7. The van der Waals surface area contributed by atoms with E-state index in [4.69, 9.17) is 0 Å². The maximum atomic E-state index is 11.8. The summed E-state index contributed by atoms with van der Waals surface area (Å²) in [5.41, 5.74) is 0.0629. The molecule has 15 heavy (non-hydrogen) atoms. The van der Waals surface area contributed by atoms with Crippen LogP contribution < -0.4 is 0 Å². The number of carbonyl (C=O) groups excluding carboxylic acids is 1. The number of hydrogen-bond acceptors (Lipinski definition) is 5. The van der Waals surface area contributed by atoms with Crippen LogP contribution in [0.25, 0.3) is 0 Å². The Morgan fingerprint density at radius 1 is 1.47 bits per heavy atom. The number of carbonyl (C=O) groups is 1. The summed E-state index contributed by atoms with van der Waals surface area (Å²) >= 11 is 0. The quantitative estimate of drug-likeness (QED) is 0.674. The average Bonchev–Trinajstić information content (AvgIpc) is 2.48. The molecule has 0 saturated carbocycles. The Morgan fingerprint density at radius 3 is 2.33 bits per heavy atom. The Hall–Kier alpha value is -1.24. The van der Waals surface area contributed by atoms with Crippen LogP contribution >= 0.6 is 0 Å². The van der Waals surface area contributed by atoms with Crippen molar-refractivity contribution in [3.63, 3.8) is 0 Å². The lowest BCUT2D eigenvalue weighted by Crippen LogP contribution is -2.40. The molecule has 0 aliphatic carbocycles. The van der Waals surface area contributed by atoms with Crippen LogP contribution in [0, 0.1) is 0 Å². The lowest BCUT2D eigenvalue weighted by molar-refractivity contribution is 0.0949. The number of aromatic nitrogens is 3. The zero-order chi connectivity index (χ0) is 11.9. The Kier molecular flexibility index (Phi) is 2.69. The second kappa shape index (κ2) is 3.41. The highest BCUT2D eigenvalue weighted by Gasteiger charge is 2.40. The normalized spacial score (nSPS) is 12.8. The summed E-state index contributed by atoms with van der Waals surface area (Å²) in [6.45, 7) is 2.72. The SMILES string of the molecule is Cn1cc(C(=O)C(C)(C)S(C)(=O)=O)nn1. The van der Waals surface area contributed by atoms with Gasteiger partial charge in [-0.15, -0.1) is 5.10 Å². The van der Waals surface area contributed by atoms with Crippen molar-refractivity contribution in [2.24, 2.45) is 7.05 Å². The summed E-state index contributed by atoms with van der Waals surface area (Å²) in [6, 6.07) is 0. The summed E-state index contributed by atoms with van der Waals surface area (Å²) in [4.78, 5) is 11.8. The number of hydrogen-bond donors (Lipinski definition) is 0. The molecule has 0 aliphatic heterocycles. The first-order valence-electron chi connectivity index (χ1n) is 4.27. The highest BCUT2D eigenvalue weighted by molar-refractivity contribution is 7.92. The molecule has 7 heteroatoms. The van der Waals surface area contributed by atoms with E-state index in [1.54, 1.807) is 7.05 Å². The van der Waals surface area contributed by atoms with Gasteiger partial charge in [0.25, 0.3) is 0 Å². The second-order valence-electron chi connectivity index (χ2n) is 3.89. The third-order valence-electron chi connectivity index (χ3n) is 2.31. The minimum Gasteiger partial charge on any atom is -0.291 e. The van der Waals surface area contributed by atoms with Crippen molar-refractivity contribution in [3.05, 3.63) is 11.9 Å². The maximum Gasteiger partial charge on any atom is 0.205 e. The molecule has 0 radical (unpaired) electrons. The molecule has 0 saturated heterocycles. The van der Waals surface area contributed by atoms with Crippen molar-refractivity contribution in [3.8, 4) is 0 Å². The molecule has 0 unspecified atom stereocenters. The van der Waals surface area contributed by atoms with Crippen molar-refractivity contribution >= 4 is 15.6 Å². The highest BCUT2D eigenvalue weighted by atomic mass is 32.2. The molecular formula is C8H13N3O3S. The second-order valence-corrected chi connectivity index (χ2v) is 6.45. The van der Waals surface area contributed by atoms with Gasteiger partial charge in [0.2, 0.25) is 5.78 Å². The Balaban J connectivity index is 3.16. The topological polar surface area (TPSA) is 81.9 Å². The van der Waals surface area contributed by atoms with Crippen molar-refractivity contribution in [2.45, 2.75) is 18.6 Å². The van der Waals surface area contributed by atoms with E-state index in [-0.39, 0.29) is 5.69 Å². The number of aryl methyl sites for hydroxylation is 1. The van der Waals surface area contributed by atoms with Crippen LogP contribution in [0.2, 0.25) is 0 Å². The van der Waals surface area contributed by atoms with Gasteiger partial charge in [-0.1, -0.05) is 5.21 Å². The number of ketones is 1. The monoisotopic (exact) mass is 231 g/mol. The maximum absolute atomic E-state index is 11.8. The van der Waals surface area contributed by atoms with Crippen molar-refractivity contribution < 1.29 is 13.2 Å². The molecule has 1 heterocycles. The first-order chi connectivity index (χ1) is 6.66. The van der Waals surface area contributed by atoms with E-state index in [1.165, 1.54) is 24.7 Å². The number of nitrogens with zero attached hydrogens (tertiary/aromatic N) is 3. The van der Waals surface area contributed by atoms with E-state index >= 15 is 0 Å². The minimum atomic E-state index is -3.47. The molecule has 0 spiro atoms. The molecule has 1 aromatic heterocycles. The Morgan fingerprint density at radius 2 is 2.00 bits per heavy atom. The van der Waals surface area contributed by atoms with E-state index in [1.807, 2.05) is 0 Å². The molecule has 1 aromatic rings. The Bertz CT molecular complexity index is 487.